The summed E-state index contributed by atoms with van der Waals surface area (Å²) in [5.74, 6) is -0.205. The van der Waals surface area contributed by atoms with Crippen molar-refractivity contribution in [2.24, 2.45) is 5.92 Å². The Labute approximate surface area is 128 Å². The Bertz CT molecular complexity index is 369. The number of piperidine rings is 1. The van der Waals surface area contributed by atoms with Crippen molar-refractivity contribution in [1.29, 1.82) is 0 Å². The standard InChI is InChI=1S/C16H30N2O3/c1-6-16(4,5)17-14(19)12(3)18-10-8-9-13(11-18)15(20)21-7-2/h12-13H,6-11H2,1-5H3,(H,17,19)/t12?,13-/m1/s1. The average Bonchev–Trinajstić information content (AvgIpc) is 2.46. The predicted octanol–water partition coefficient (Wildman–Crippen LogP) is 1.95. The SMILES string of the molecule is CCOC(=O)[C@@H]1CCCN(C(C)C(=O)NC(C)(C)CC)C1. The van der Waals surface area contributed by atoms with E-state index in [0.29, 0.717) is 13.2 Å². The van der Waals surface area contributed by atoms with E-state index in [9.17, 15) is 9.59 Å². The number of ether oxygens (including phenoxy) is 1. The van der Waals surface area contributed by atoms with Gasteiger partial charge in [-0.1, -0.05) is 6.92 Å². The summed E-state index contributed by atoms with van der Waals surface area (Å²) < 4.78 is 5.10. The molecule has 1 aliphatic rings. The van der Waals surface area contributed by atoms with Crippen LogP contribution >= 0.6 is 0 Å². The van der Waals surface area contributed by atoms with Crippen LogP contribution in [0, 0.1) is 5.92 Å². The summed E-state index contributed by atoms with van der Waals surface area (Å²) in [5, 5.41) is 3.08. The second kappa shape index (κ2) is 7.78. The van der Waals surface area contributed by atoms with Gasteiger partial charge in [-0.2, -0.15) is 0 Å². The first-order valence-electron chi connectivity index (χ1n) is 8.03. The van der Waals surface area contributed by atoms with Gasteiger partial charge in [0.1, 0.15) is 0 Å². The van der Waals surface area contributed by atoms with Gasteiger partial charge in [-0.3, -0.25) is 14.5 Å². The molecule has 5 heteroatoms. The number of nitrogens with one attached hydrogen (secondary N) is 1. The lowest BCUT2D eigenvalue weighted by Gasteiger charge is -2.36. The van der Waals surface area contributed by atoms with Crippen LogP contribution in [0.1, 0.15) is 53.9 Å². The average molecular weight is 298 g/mol. The summed E-state index contributed by atoms with van der Waals surface area (Å²) in [6.07, 6.45) is 2.67. The zero-order valence-electron chi connectivity index (χ0n) is 14.1. The fraction of sp³-hybridized carbons (Fsp3) is 0.875. The molecule has 2 atom stereocenters. The van der Waals surface area contributed by atoms with Crippen LogP contribution in [0.3, 0.4) is 0 Å². The summed E-state index contributed by atoms with van der Waals surface area (Å²) in [7, 11) is 0. The fourth-order valence-electron chi connectivity index (χ4n) is 2.50. The molecule has 1 amide bonds. The Balaban J connectivity index is 2.59. The smallest absolute Gasteiger partial charge is 0.310 e. The maximum atomic E-state index is 12.4. The molecule has 5 nitrogen and oxygen atoms in total. The summed E-state index contributed by atoms with van der Waals surface area (Å²) in [6, 6.07) is -0.215. The van der Waals surface area contributed by atoms with Crippen LogP contribution in [0.2, 0.25) is 0 Å². The third-order valence-electron chi connectivity index (χ3n) is 4.35. The van der Waals surface area contributed by atoms with Crippen molar-refractivity contribution >= 4 is 11.9 Å². The van der Waals surface area contributed by atoms with Gasteiger partial charge < -0.3 is 10.1 Å². The molecule has 1 N–H and O–H groups in total. The van der Waals surface area contributed by atoms with Crippen LogP contribution in [0.15, 0.2) is 0 Å². The van der Waals surface area contributed by atoms with Crippen molar-refractivity contribution in [2.75, 3.05) is 19.7 Å². The van der Waals surface area contributed by atoms with E-state index in [-0.39, 0.29) is 29.4 Å². The minimum atomic E-state index is -0.215. The Hall–Kier alpha value is -1.10. The van der Waals surface area contributed by atoms with Gasteiger partial charge in [-0.05, 0) is 53.5 Å². The highest BCUT2D eigenvalue weighted by atomic mass is 16.5. The van der Waals surface area contributed by atoms with E-state index in [1.165, 1.54) is 0 Å². The first-order valence-corrected chi connectivity index (χ1v) is 8.03. The number of hydrogen-bond acceptors (Lipinski definition) is 4. The molecule has 1 rings (SSSR count). The number of likely N-dealkylation sites (tertiary alicyclic amines) is 1. The van der Waals surface area contributed by atoms with Gasteiger partial charge in [0.2, 0.25) is 5.91 Å². The topological polar surface area (TPSA) is 58.6 Å². The van der Waals surface area contributed by atoms with Gasteiger partial charge in [0, 0.05) is 12.1 Å². The largest absolute Gasteiger partial charge is 0.466 e. The molecule has 0 aromatic carbocycles. The van der Waals surface area contributed by atoms with Gasteiger partial charge in [-0.25, -0.2) is 0 Å². The Kier molecular flexibility index (Phi) is 6.65. The second-order valence-electron chi connectivity index (χ2n) is 6.49. The molecule has 0 saturated carbocycles. The van der Waals surface area contributed by atoms with Crippen LogP contribution in [0.4, 0.5) is 0 Å². The van der Waals surface area contributed by atoms with Gasteiger partial charge in [0.25, 0.3) is 0 Å². The van der Waals surface area contributed by atoms with Crippen LogP contribution in [0.5, 0.6) is 0 Å². The highest BCUT2D eigenvalue weighted by molar-refractivity contribution is 5.82. The fourth-order valence-corrected chi connectivity index (χ4v) is 2.50. The number of carbonyl (C=O) groups is 2. The quantitative estimate of drug-likeness (QED) is 0.762. The molecule has 1 heterocycles. The maximum Gasteiger partial charge on any atom is 0.310 e. The van der Waals surface area contributed by atoms with Gasteiger partial charge in [0.15, 0.2) is 0 Å². The number of rotatable bonds is 6. The van der Waals surface area contributed by atoms with Crippen LogP contribution in [-0.4, -0.2) is 48.1 Å². The van der Waals surface area contributed by atoms with Crippen LogP contribution < -0.4 is 5.32 Å². The number of esters is 1. The van der Waals surface area contributed by atoms with Crippen molar-refractivity contribution in [3.8, 4) is 0 Å². The summed E-state index contributed by atoms with van der Waals surface area (Å²) >= 11 is 0. The lowest BCUT2D eigenvalue weighted by atomic mass is 9.96. The van der Waals surface area contributed by atoms with Gasteiger partial charge in [-0.15, -0.1) is 0 Å². The van der Waals surface area contributed by atoms with E-state index < -0.39 is 0 Å². The molecule has 1 aliphatic heterocycles. The van der Waals surface area contributed by atoms with E-state index in [1.807, 2.05) is 27.7 Å². The molecular weight excluding hydrogens is 268 g/mol. The maximum absolute atomic E-state index is 12.4. The molecular formula is C16H30N2O3. The number of hydrogen-bond donors (Lipinski definition) is 1. The first kappa shape index (κ1) is 18.0. The number of amides is 1. The van der Waals surface area contributed by atoms with Crippen molar-refractivity contribution in [1.82, 2.24) is 10.2 Å². The van der Waals surface area contributed by atoms with Gasteiger partial charge >= 0.3 is 5.97 Å². The first-order chi connectivity index (χ1) is 9.80. The van der Waals surface area contributed by atoms with Crippen molar-refractivity contribution in [3.63, 3.8) is 0 Å². The second-order valence-corrected chi connectivity index (χ2v) is 6.49. The molecule has 0 radical (unpaired) electrons. The van der Waals surface area contributed by atoms with E-state index in [4.69, 9.17) is 4.74 Å². The highest BCUT2D eigenvalue weighted by Gasteiger charge is 2.32. The molecule has 0 aromatic rings. The summed E-state index contributed by atoms with van der Waals surface area (Å²) in [6.45, 7) is 11.7. The molecule has 0 spiro atoms. The number of nitrogens with zero attached hydrogens (tertiary/aromatic N) is 1. The molecule has 122 valence electrons. The summed E-state index contributed by atoms with van der Waals surface area (Å²) in [4.78, 5) is 26.3. The van der Waals surface area contributed by atoms with Crippen LogP contribution in [0.25, 0.3) is 0 Å². The van der Waals surface area contributed by atoms with E-state index >= 15 is 0 Å². The third kappa shape index (κ3) is 5.30. The minimum absolute atomic E-state index is 0.0337. The zero-order chi connectivity index (χ0) is 16.0. The molecule has 0 bridgehead atoms. The van der Waals surface area contributed by atoms with E-state index in [2.05, 4.69) is 17.1 Å². The van der Waals surface area contributed by atoms with Crippen molar-refractivity contribution in [2.45, 2.75) is 65.5 Å². The Morgan fingerprint density at radius 2 is 2.05 bits per heavy atom. The monoisotopic (exact) mass is 298 g/mol. The Morgan fingerprint density at radius 3 is 2.62 bits per heavy atom. The third-order valence-corrected chi connectivity index (χ3v) is 4.35. The lowest BCUT2D eigenvalue weighted by molar-refractivity contribution is -0.151. The molecule has 21 heavy (non-hydrogen) atoms. The van der Waals surface area contributed by atoms with Gasteiger partial charge in [0.05, 0.1) is 18.6 Å². The lowest BCUT2D eigenvalue weighted by Crippen LogP contribution is -2.54. The number of carbonyl (C=O) groups excluding carboxylic acids is 2. The predicted molar refractivity (Wildman–Crippen MR) is 82.9 cm³/mol. The van der Waals surface area contributed by atoms with E-state index in [0.717, 1.165) is 25.8 Å². The Morgan fingerprint density at radius 1 is 1.38 bits per heavy atom. The van der Waals surface area contributed by atoms with Crippen LogP contribution in [-0.2, 0) is 14.3 Å². The molecule has 0 aliphatic carbocycles. The molecule has 0 aromatic heterocycles. The molecule has 1 saturated heterocycles. The molecule has 1 unspecified atom stereocenters. The minimum Gasteiger partial charge on any atom is -0.466 e. The highest BCUT2D eigenvalue weighted by Crippen LogP contribution is 2.20. The molecule has 1 fully saturated rings. The van der Waals surface area contributed by atoms with Crippen molar-refractivity contribution in [3.05, 3.63) is 0 Å². The normalized spacial score (nSPS) is 21.7. The van der Waals surface area contributed by atoms with Crippen molar-refractivity contribution < 1.29 is 14.3 Å². The zero-order valence-corrected chi connectivity index (χ0v) is 14.1. The van der Waals surface area contributed by atoms with E-state index in [1.54, 1.807) is 0 Å². The summed E-state index contributed by atoms with van der Waals surface area (Å²) in [5.41, 5.74) is -0.193.